The number of nitrogens with zero attached hydrogens (tertiary/aromatic N) is 1. The van der Waals surface area contributed by atoms with Crippen molar-refractivity contribution in [3.8, 4) is 0 Å². The van der Waals surface area contributed by atoms with Crippen molar-refractivity contribution in [2.75, 3.05) is 12.4 Å². The molecule has 0 spiro atoms. The minimum Gasteiger partial charge on any atom is -0.331 e. The van der Waals surface area contributed by atoms with Gasteiger partial charge in [0, 0.05) is 12.7 Å². The van der Waals surface area contributed by atoms with E-state index in [0.717, 1.165) is 11.1 Å². The van der Waals surface area contributed by atoms with Gasteiger partial charge in [0.15, 0.2) is 5.54 Å². The van der Waals surface area contributed by atoms with Crippen molar-refractivity contribution in [1.29, 1.82) is 0 Å². The zero-order chi connectivity index (χ0) is 21.1. The fourth-order valence-electron chi connectivity index (χ4n) is 3.93. The Labute approximate surface area is 175 Å². The highest BCUT2D eigenvalue weighted by atomic mass is 16.2. The number of carbonyl (C=O) groups is 2. The van der Waals surface area contributed by atoms with Gasteiger partial charge in [-0.15, -0.1) is 0 Å². The highest BCUT2D eigenvalue weighted by molar-refractivity contribution is 5.94. The van der Waals surface area contributed by atoms with Crippen LogP contribution in [0.2, 0.25) is 0 Å². The number of amides is 3. The van der Waals surface area contributed by atoms with Gasteiger partial charge >= 0.3 is 6.03 Å². The molecule has 3 unspecified atom stereocenters. The van der Waals surface area contributed by atoms with Crippen molar-refractivity contribution >= 4 is 17.6 Å². The molecule has 30 heavy (non-hydrogen) atoms. The molecule has 5 N–H and O–H groups in total. The van der Waals surface area contributed by atoms with E-state index in [-0.39, 0.29) is 18.0 Å². The van der Waals surface area contributed by atoms with Gasteiger partial charge in [-0.1, -0.05) is 66.8 Å². The number of urea groups is 1. The first kappa shape index (κ1) is 19.9. The second-order valence-corrected chi connectivity index (χ2v) is 7.45. The molecule has 3 amide bonds. The van der Waals surface area contributed by atoms with E-state index in [4.69, 9.17) is 5.73 Å². The largest absolute Gasteiger partial charge is 0.331 e. The number of anilines is 1. The average Bonchev–Trinajstić information content (AvgIpc) is 3.00. The summed E-state index contributed by atoms with van der Waals surface area (Å²) in [4.78, 5) is 27.3. The molecule has 0 radical (unpaired) electrons. The second-order valence-electron chi connectivity index (χ2n) is 7.45. The third kappa shape index (κ3) is 3.60. The first-order chi connectivity index (χ1) is 14.5. The lowest BCUT2D eigenvalue weighted by Gasteiger charge is -2.32. The molecule has 2 aliphatic rings. The van der Waals surface area contributed by atoms with Gasteiger partial charge in [-0.3, -0.25) is 15.8 Å². The Bertz CT molecular complexity index is 989. The van der Waals surface area contributed by atoms with Crippen LogP contribution in [0.3, 0.4) is 0 Å². The van der Waals surface area contributed by atoms with Crippen LogP contribution in [0.1, 0.15) is 12.0 Å². The minimum atomic E-state index is -1.10. The molecule has 2 aromatic rings. The third-order valence-electron chi connectivity index (χ3n) is 5.48. The van der Waals surface area contributed by atoms with E-state index in [2.05, 4.69) is 16.0 Å². The monoisotopic (exact) mass is 403 g/mol. The van der Waals surface area contributed by atoms with E-state index in [1.807, 2.05) is 78.9 Å². The maximum atomic E-state index is 13.3. The van der Waals surface area contributed by atoms with Crippen LogP contribution in [0.25, 0.3) is 0 Å². The molecule has 1 aliphatic heterocycles. The lowest BCUT2D eigenvalue weighted by Crippen LogP contribution is -2.49. The Morgan fingerprint density at radius 1 is 1.13 bits per heavy atom. The van der Waals surface area contributed by atoms with Crippen LogP contribution in [0.5, 0.6) is 0 Å². The van der Waals surface area contributed by atoms with Crippen molar-refractivity contribution in [3.05, 3.63) is 90.0 Å². The molecular formula is C23H25N5O2. The predicted molar refractivity (Wildman–Crippen MR) is 116 cm³/mol. The molecule has 154 valence electrons. The quantitative estimate of drug-likeness (QED) is 0.629. The van der Waals surface area contributed by atoms with Gasteiger partial charge in [0.2, 0.25) is 0 Å². The molecule has 7 heteroatoms. The van der Waals surface area contributed by atoms with E-state index in [1.54, 1.807) is 7.05 Å². The van der Waals surface area contributed by atoms with E-state index in [9.17, 15) is 9.59 Å². The smallest absolute Gasteiger partial charge is 0.319 e. The summed E-state index contributed by atoms with van der Waals surface area (Å²) in [6, 6.07) is 18.2. The Hall–Kier alpha value is -3.42. The standard InChI is InChI=1S/C23H25N5O2/c1-28-20(29)23(27-21(28)24,16-9-4-2-5-10-16)17-11-8-14-19(15-17)26-22(30)25-18-12-6-3-7-13-18/h2-13,15,19,21,27H,14,24H2,1H3,(H2,25,26,30). The van der Waals surface area contributed by atoms with Crippen LogP contribution in [0, 0.1) is 0 Å². The zero-order valence-electron chi connectivity index (χ0n) is 16.7. The van der Waals surface area contributed by atoms with E-state index < -0.39 is 11.8 Å². The van der Waals surface area contributed by atoms with Crippen molar-refractivity contribution in [1.82, 2.24) is 15.5 Å². The Kier molecular flexibility index (Phi) is 5.39. The predicted octanol–water partition coefficient (Wildman–Crippen LogP) is 2.26. The van der Waals surface area contributed by atoms with Gasteiger partial charge in [-0.2, -0.15) is 0 Å². The lowest BCUT2D eigenvalue weighted by atomic mass is 9.79. The number of para-hydroxylation sites is 1. The molecule has 3 atom stereocenters. The Balaban J connectivity index is 1.61. The molecule has 0 saturated carbocycles. The third-order valence-corrected chi connectivity index (χ3v) is 5.48. The van der Waals surface area contributed by atoms with Crippen LogP contribution in [0.4, 0.5) is 10.5 Å². The first-order valence-electron chi connectivity index (χ1n) is 9.88. The summed E-state index contributed by atoms with van der Waals surface area (Å²) < 4.78 is 0. The molecule has 0 aromatic heterocycles. The van der Waals surface area contributed by atoms with Gasteiger partial charge in [0.05, 0.1) is 6.04 Å². The molecule has 1 fully saturated rings. The fourth-order valence-corrected chi connectivity index (χ4v) is 3.93. The maximum Gasteiger partial charge on any atom is 0.319 e. The summed E-state index contributed by atoms with van der Waals surface area (Å²) in [6.07, 6.45) is 5.84. The van der Waals surface area contributed by atoms with Gasteiger partial charge in [0.1, 0.15) is 6.29 Å². The summed E-state index contributed by atoms with van der Waals surface area (Å²) in [5.74, 6) is -0.133. The number of benzene rings is 2. The number of likely N-dealkylation sites (N-methyl/N-ethyl adjacent to an activating group) is 1. The van der Waals surface area contributed by atoms with Crippen molar-refractivity contribution in [2.45, 2.75) is 24.3 Å². The summed E-state index contributed by atoms with van der Waals surface area (Å²) in [5.41, 5.74) is 7.34. The molecule has 4 rings (SSSR count). The number of nitrogens with one attached hydrogen (secondary N) is 3. The normalized spacial score (nSPS) is 25.7. The Morgan fingerprint density at radius 3 is 2.43 bits per heavy atom. The van der Waals surface area contributed by atoms with Gasteiger partial charge in [-0.25, -0.2) is 4.79 Å². The highest BCUT2D eigenvalue weighted by Crippen LogP contribution is 2.38. The van der Waals surface area contributed by atoms with Crippen LogP contribution in [-0.2, 0) is 10.3 Å². The molecule has 1 saturated heterocycles. The minimum absolute atomic E-state index is 0.133. The number of rotatable bonds is 4. The summed E-state index contributed by atoms with van der Waals surface area (Å²) >= 11 is 0. The topological polar surface area (TPSA) is 99.5 Å². The van der Waals surface area contributed by atoms with E-state index in [1.165, 1.54) is 4.90 Å². The van der Waals surface area contributed by atoms with Crippen LogP contribution in [0.15, 0.2) is 84.5 Å². The molecule has 1 aliphatic carbocycles. The first-order valence-corrected chi connectivity index (χ1v) is 9.88. The molecule has 0 bridgehead atoms. The van der Waals surface area contributed by atoms with E-state index >= 15 is 0 Å². The molecular weight excluding hydrogens is 378 g/mol. The summed E-state index contributed by atoms with van der Waals surface area (Å²) in [6.45, 7) is 0. The Morgan fingerprint density at radius 2 is 1.80 bits per heavy atom. The van der Waals surface area contributed by atoms with Gasteiger partial charge in [-0.05, 0) is 29.7 Å². The number of hydrogen-bond donors (Lipinski definition) is 4. The van der Waals surface area contributed by atoms with Gasteiger partial charge in [0.25, 0.3) is 5.91 Å². The van der Waals surface area contributed by atoms with Crippen LogP contribution in [-0.4, -0.2) is 36.2 Å². The van der Waals surface area contributed by atoms with Gasteiger partial charge < -0.3 is 15.5 Å². The number of hydrogen-bond acceptors (Lipinski definition) is 4. The van der Waals surface area contributed by atoms with Crippen molar-refractivity contribution in [2.24, 2.45) is 5.73 Å². The van der Waals surface area contributed by atoms with Crippen molar-refractivity contribution in [3.63, 3.8) is 0 Å². The molecule has 2 aromatic carbocycles. The summed E-state index contributed by atoms with van der Waals surface area (Å²) in [7, 11) is 1.68. The maximum absolute atomic E-state index is 13.3. The summed E-state index contributed by atoms with van der Waals surface area (Å²) in [5, 5.41) is 9.06. The fraction of sp³-hybridized carbons (Fsp3) is 0.217. The second kappa shape index (κ2) is 8.14. The number of nitrogens with two attached hydrogens (primary N) is 1. The number of carbonyl (C=O) groups excluding carboxylic acids is 2. The lowest BCUT2D eigenvalue weighted by molar-refractivity contribution is -0.131. The average molecular weight is 403 g/mol. The molecule has 7 nitrogen and oxygen atoms in total. The van der Waals surface area contributed by atoms with Crippen LogP contribution < -0.4 is 21.7 Å². The van der Waals surface area contributed by atoms with E-state index in [0.29, 0.717) is 12.1 Å². The zero-order valence-corrected chi connectivity index (χ0v) is 16.7. The molecule has 1 heterocycles. The van der Waals surface area contributed by atoms with Crippen molar-refractivity contribution < 1.29 is 9.59 Å². The van der Waals surface area contributed by atoms with Crippen LogP contribution >= 0.6 is 0 Å². The highest BCUT2D eigenvalue weighted by Gasteiger charge is 2.52. The SMILES string of the molecule is CN1C(=O)C(C2=CC(NC(=O)Nc3ccccc3)CC=C2)(c2ccccc2)NC1N.